The summed E-state index contributed by atoms with van der Waals surface area (Å²) in [7, 11) is 0. The van der Waals surface area contributed by atoms with Gasteiger partial charge in [0.1, 0.15) is 5.82 Å². The number of benzene rings is 1. The highest BCUT2D eigenvalue weighted by Gasteiger charge is 2.41. The maximum atomic E-state index is 13.9. The number of pyridine rings is 1. The van der Waals surface area contributed by atoms with Crippen LogP contribution in [0.2, 0.25) is 0 Å². The smallest absolute Gasteiger partial charge is 0.170 e. The monoisotopic (exact) mass is 424 g/mol. The van der Waals surface area contributed by atoms with Crippen LogP contribution in [0.25, 0.3) is 5.69 Å². The molecule has 1 saturated heterocycles. The van der Waals surface area contributed by atoms with Gasteiger partial charge in [0.05, 0.1) is 17.8 Å². The number of halogens is 1. The van der Waals surface area contributed by atoms with Crippen molar-refractivity contribution in [3.63, 3.8) is 0 Å². The van der Waals surface area contributed by atoms with Gasteiger partial charge in [0.25, 0.3) is 0 Å². The summed E-state index contributed by atoms with van der Waals surface area (Å²) in [6.07, 6.45) is 2.40. The molecular formula is C23H25FN4OS. The molecule has 30 heavy (non-hydrogen) atoms. The first-order valence-electron chi connectivity index (χ1n) is 10.0. The van der Waals surface area contributed by atoms with Crippen LogP contribution < -0.4 is 5.32 Å². The summed E-state index contributed by atoms with van der Waals surface area (Å²) in [6.45, 7) is 4.81. The molecule has 1 aliphatic heterocycles. The highest BCUT2D eigenvalue weighted by Crippen LogP contribution is 2.41. The SMILES string of the molecule is Cc1cc([C@H]2[C@H](c3ccccn3)NC(=S)N2CCCO)c(C)n1-c1cccc(F)c1. The van der Waals surface area contributed by atoms with E-state index in [9.17, 15) is 9.50 Å². The number of thiocarbonyl (C=S) groups is 1. The van der Waals surface area contributed by atoms with Gasteiger partial charge in [-0.25, -0.2) is 4.39 Å². The average Bonchev–Trinajstić information content (AvgIpc) is 3.22. The Morgan fingerprint density at radius 1 is 1.17 bits per heavy atom. The summed E-state index contributed by atoms with van der Waals surface area (Å²) >= 11 is 5.65. The van der Waals surface area contributed by atoms with Gasteiger partial charge in [-0.1, -0.05) is 12.1 Å². The van der Waals surface area contributed by atoms with Gasteiger partial charge in [-0.2, -0.15) is 0 Å². The van der Waals surface area contributed by atoms with Gasteiger partial charge in [0, 0.05) is 36.4 Å². The Bertz CT molecular complexity index is 1050. The Morgan fingerprint density at radius 2 is 2.00 bits per heavy atom. The number of nitrogens with one attached hydrogen (secondary N) is 1. The minimum Gasteiger partial charge on any atom is -0.396 e. The highest BCUT2D eigenvalue weighted by molar-refractivity contribution is 7.80. The zero-order chi connectivity index (χ0) is 21.3. The summed E-state index contributed by atoms with van der Waals surface area (Å²) in [4.78, 5) is 6.69. The molecule has 4 rings (SSSR count). The van der Waals surface area contributed by atoms with Gasteiger partial charge < -0.3 is 19.9 Å². The van der Waals surface area contributed by atoms with E-state index in [2.05, 4.69) is 25.8 Å². The Balaban J connectivity index is 1.82. The van der Waals surface area contributed by atoms with Gasteiger partial charge in [-0.15, -0.1) is 0 Å². The Morgan fingerprint density at radius 3 is 2.70 bits per heavy atom. The fourth-order valence-corrected chi connectivity index (χ4v) is 4.66. The first-order valence-corrected chi connectivity index (χ1v) is 10.5. The summed E-state index contributed by atoms with van der Waals surface area (Å²) in [6, 6.07) is 14.4. The molecule has 3 aromatic rings. The predicted octanol–water partition coefficient (Wildman–Crippen LogP) is 3.98. The van der Waals surface area contributed by atoms with E-state index >= 15 is 0 Å². The molecule has 156 valence electrons. The highest BCUT2D eigenvalue weighted by atomic mass is 32.1. The number of nitrogens with zero attached hydrogens (tertiary/aromatic N) is 3. The molecule has 5 nitrogen and oxygen atoms in total. The Labute approximate surface area is 181 Å². The van der Waals surface area contributed by atoms with E-state index in [0.717, 1.165) is 28.3 Å². The minimum atomic E-state index is -0.263. The first-order chi connectivity index (χ1) is 14.5. The molecule has 0 spiro atoms. The predicted molar refractivity (Wildman–Crippen MR) is 119 cm³/mol. The van der Waals surface area contributed by atoms with Crippen molar-refractivity contribution in [2.75, 3.05) is 13.2 Å². The molecule has 2 aromatic heterocycles. The fraction of sp³-hybridized carbons (Fsp3) is 0.304. The molecular weight excluding hydrogens is 399 g/mol. The Hall–Kier alpha value is -2.77. The number of hydrogen-bond acceptors (Lipinski definition) is 3. The van der Waals surface area contributed by atoms with Crippen LogP contribution in [-0.2, 0) is 0 Å². The van der Waals surface area contributed by atoms with Crippen LogP contribution in [0.15, 0.2) is 54.7 Å². The van der Waals surface area contributed by atoms with E-state index in [1.54, 1.807) is 18.3 Å². The van der Waals surface area contributed by atoms with E-state index in [1.165, 1.54) is 6.07 Å². The zero-order valence-electron chi connectivity index (χ0n) is 17.0. The van der Waals surface area contributed by atoms with E-state index in [1.807, 2.05) is 38.1 Å². The standard InChI is InChI=1S/C23H25FN4OS/c1-15-13-19(16(2)28(15)18-8-5-7-17(24)14-18)22-21(20-9-3-4-10-25-20)26-23(30)27(22)11-6-12-29/h3-5,7-10,13-14,21-22,29H,6,11-12H2,1-2H3,(H,26,30)/t21-,22-/m0/s1. The van der Waals surface area contributed by atoms with E-state index in [4.69, 9.17) is 12.2 Å². The molecule has 1 aromatic carbocycles. The van der Waals surface area contributed by atoms with Crippen molar-refractivity contribution in [1.29, 1.82) is 0 Å². The molecule has 0 amide bonds. The van der Waals surface area contributed by atoms with Crippen molar-refractivity contribution < 1.29 is 9.50 Å². The zero-order valence-corrected chi connectivity index (χ0v) is 17.9. The Kier molecular flexibility index (Phi) is 5.83. The summed E-state index contributed by atoms with van der Waals surface area (Å²) in [5.41, 5.74) is 4.86. The summed E-state index contributed by atoms with van der Waals surface area (Å²) in [5.74, 6) is -0.263. The fourth-order valence-electron chi connectivity index (χ4n) is 4.33. The van der Waals surface area contributed by atoms with Crippen LogP contribution in [-0.4, -0.2) is 37.8 Å². The molecule has 0 unspecified atom stereocenters. The van der Waals surface area contributed by atoms with Crippen molar-refractivity contribution in [1.82, 2.24) is 19.8 Å². The number of aliphatic hydroxyl groups is 1. The topological polar surface area (TPSA) is 53.3 Å². The van der Waals surface area contributed by atoms with Gasteiger partial charge in [-0.3, -0.25) is 4.98 Å². The third kappa shape index (κ3) is 3.70. The summed E-state index contributed by atoms with van der Waals surface area (Å²) in [5, 5.41) is 13.5. The third-order valence-corrected chi connectivity index (χ3v) is 5.96. The quantitative estimate of drug-likeness (QED) is 0.586. The van der Waals surface area contributed by atoms with Gasteiger partial charge in [0.15, 0.2) is 5.11 Å². The molecule has 0 saturated carbocycles. The lowest BCUT2D eigenvalue weighted by Crippen LogP contribution is -2.31. The molecule has 2 N–H and O–H groups in total. The van der Waals surface area contributed by atoms with Gasteiger partial charge >= 0.3 is 0 Å². The summed E-state index contributed by atoms with van der Waals surface area (Å²) < 4.78 is 15.9. The molecule has 3 heterocycles. The van der Waals surface area contributed by atoms with Crippen LogP contribution in [0.5, 0.6) is 0 Å². The van der Waals surface area contributed by atoms with Crippen molar-refractivity contribution >= 4 is 17.3 Å². The largest absolute Gasteiger partial charge is 0.396 e. The number of aryl methyl sites for hydroxylation is 1. The number of rotatable bonds is 6. The van der Waals surface area contributed by atoms with Crippen LogP contribution in [0, 0.1) is 19.7 Å². The number of aliphatic hydroxyl groups excluding tert-OH is 1. The molecule has 0 aliphatic carbocycles. The molecule has 1 fully saturated rings. The van der Waals surface area contributed by atoms with Crippen LogP contribution in [0.1, 0.15) is 41.1 Å². The number of aromatic nitrogens is 2. The van der Waals surface area contributed by atoms with Crippen molar-refractivity contribution in [2.45, 2.75) is 32.4 Å². The number of hydrogen-bond donors (Lipinski definition) is 2. The van der Waals surface area contributed by atoms with Crippen LogP contribution in [0.3, 0.4) is 0 Å². The second kappa shape index (κ2) is 8.53. The first kappa shape index (κ1) is 20.5. The van der Waals surface area contributed by atoms with Crippen molar-refractivity contribution in [2.24, 2.45) is 0 Å². The maximum absolute atomic E-state index is 13.9. The van der Waals surface area contributed by atoms with Crippen molar-refractivity contribution in [3.8, 4) is 5.69 Å². The van der Waals surface area contributed by atoms with Crippen molar-refractivity contribution in [3.05, 3.63) is 83.2 Å². The van der Waals surface area contributed by atoms with E-state index in [0.29, 0.717) is 18.1 Å². The molecule has 7 heteroatoms. The van der Waals surface area contributed by atoms with Crippen LogP contribution in [0.4, 0.5) is 4.39 Å². The lowest BCUT2D eigenvalue weighted by molar-refractivity contribution is 0.247. The van der Waals surface area contributed by atoms with E-state index in [-0.39, 0.29) is 24.5 Å². The lowest BCUT2D eigenvalue weighted by atomic mass is 9.96. The second-order valence-electron chi connectivity index (χ2n) is 7.54. The second-order valence-corrected chi connectivity index (χ2v) is 7.93. The lowest BCUT2D eigenvalue weighted by Gasteiger charge is -2.28. The van der Waals surface area contributed by atoms with Gasteiger partial charge in [0.2, 0.25) is 0 Å². The molecule has 2 atom stereocenters. The van der Waals surface area contributed by atoms with Crippen LogP contribution >= 0.6 is 12.2 Å². The molecule has 0 radical (unpaired) electrons. The molecule has 0 bridgehead atoms. The minimum absolute atomic E-state index is 0.0764. The maximum Gasteiger partial charge on any atom is 0.170 e. The normalized spacial score (nSPS) is 18.7. The van der Waals surface area contributed by atoms with Gasteiger partial charge in [-0.05, 0) is 74.4 Å². The average molecular weight is 425 g/mol. The van der Waals surface area contributed by atoms with E-state index < -0.39 is 0 Å². The molecule has 1 aliphatic rings. The third-order valence-electron chi connectivity index (χ3n) is 5.61.